The van der Waals surface area contributed by atoms with Gasteiger partial charge in [0.2, 0.25) is 0 Å². The van der Waals surface area contributed by atoms with E-state index in [2.05, 4.69) is 4.98 Å². The molecule has 2 rings (SSSR count). The Bertz CT molecular complexity index is 345. The third kappa shape index (κ3) is 2.25. The van der Waals surface area contributed by atoms with Gasteiger partial charge in [-0.25, -0.2) is 0 Å². The predicted octanol–water partition coefficient (Wildman–Crippen LogP) is 2.47. The van der Waals surface area contributed by atoms with Crippen molar-refractivity contribution >= 4 is 11.6 Å². The molecular formula is C11H15ClN2. The summed E-state index contributed by atoms with van der Waals surface area (Å²) in [5, 5.41) is 0.708. The van der Waals surface area contributed by atoms with E-state index >= 15 is 0 Å². The number of aromatic nitrogens is 1. The molecule has 1 aliphatic rings. The molecule has 1 fully saturated rings. The molecule has 0 aromatic carbocycles. The van der Waals surface area contributed by atoms with Crippen molar-refractivity contribution < 1.29 is 0 Å². The lowest BCUT2D eigenvalue weighted by atomic mass is 10.1. The highest BCUT2D eigenvalue weighted by Crippen LogP contribution is 2.36. The normalized spacial score (nSPS) is 18.2. The summed E-state index contributed by atoms with van der Waals surface area (Å²) in [6, 6.07) is 1.96. The molecule has 0 aliphatic heterocycles. The van der Waals surface area contributed by atoms with Gasteiger partial charge in [-0.3, -0.25) is 4.98 Å². The van der Waals surface area contributed by atoms with Crippen molar-refractivity contribution in [2.75, 3.05) is 0 Å². The maximum atomic E-state index is 6.02. The highest BCUT2D eigenvalue weighted by atomic mass is 35.5. The van der Waals surface area contributed by atoms with Crippen LogP contribution in [0.15, 0.2) is 12.3 Å². The Kier molecular flexibility index (Phi) is 2.50. The lowest BCUT2D eigenvalue weighted by molar-refractivity contribution is 0.602. The quantitative estimate of drug-likeness (QED) is 0.833. The molecule has 0 atom stereocenters. The molecule has 1 aromatic rings. The SMILES string of the molecule is Cc1cc(Cl)cnc1CCC1(N)CC1. The summed E-state index contributed by atoms with van der Waals surface area (Å²) in [5.41, 5.74) is 8.44. The molecule has 1 aromatic heterocycles. The molecule has 3 heteroatoms. The predicted molar refractivity (Wildman–Crippen MR) is 58.5 cm³/mol. The second-order valence-electron chi connectivity index (χ2n) is 4.28. The number of nitrogens with two attached hydrogens (primary N) is 1. The molecule has 0 unspecified atom stereocenters. The van der Waals surface area contributed by atoms with Crippen LogP contribution in [0.5, 0.6) is 0 Å². The van der Waals surface area contributed by atoms with Crippen molar-refractivity contribution in [2.45, 2.75) is 38.1 Å². The van der Waals surface area contributed by atoms with E-state index in [0.717, 1.165) is 18.5 Å². The average molecular weight is 211 g/mol. The zero-order chi connectivity index (χ0) is 10.2. The fourth-order valence-electron chi connectivity index (χ4n) is 1.61. The monoisotopic (exact) mass is 210 g/mol. The van der Waals surface area contributed by atoms with Gasteiger partial charge in [-0.05, 0) is 44.2 Å². The van der Waals surface area contributed by atoms with Gasteiger partial charge < -0.3 is 5.73 Å². The smallest absolute Gasteiger partial charge is 0.0592 e. The molecule has 2 N–H and O–H groups in total. The van der Waals surface area contributed by atoms with E-state index in [1.165, 1.54) is 18.4 Å². The minimum Gasteiger partial charge on any atom is -0.325 e. The lowest BCUT2D eigenvalue weighted by Crippen LogP contribution is -2.22. The lowest BCUT2D eigenvalue weighted by Gasteiger charge is -2.09. The Morgan fingerprint density at radius 3 is 2.86 bits per heavy atom. The van der Waals surface area contributed by atoms with Crippen LogP contribution < -0.4 is 5.73 Å². The van der Waals surface area contributed by atoms with Crippen LogP contribution in [0, 0.1) is 6.92 Å². The summed E-state index contributed by atoms with van der Waals surface area (Å²) in [6.45, 7) is 2.05. The number of nitrogens with zero attached hydrogens (tertiary/aromatic N) is 1. The standard InChI is InChI=1S/C11H15ClN2/c1-8-6-9(12)7-14-10(8)2-3-11(13)4-5-11/h6-7H,2-5,13H2,1H3. The highest BCUT2D eigenvalue weighted by molar-refractivity contribution is 6.30. The number of aryl methyl sites for hydroxylation is 2. The first kappa shape index (κ1) is 9.94. The van der Waals surface area contributed by atoms with E-state index in [9.17, 15) is 0 Å². The van der Waals surface area contributed by atoms with Crippen LogP contribution in [0.1, 0.15) is 30.5 Å². The summed E-state index contributed by atoms with van der Waals surface area (Å²) in [4.78, 5) is 4.32. The molecule has 14 heavy (non-hydrogen) atoms. The van der Waals surface area contributed by atoms with Crippen LogP contribution in [0.3, 0.4) is 0 Å². The topological polar surface area (TPSA) is 38.9 Å². The zero-order valence-electron chi connectivity index (χ0n) is 8.39. The number of hydrogen-bond donors (Lipinski definition) is 1. The maximum Gasteiger partial charge on any atom is 0.0592 e. The summed E-state index contributed by atoms with van der Waals surface area (Å²) >= 11 is 5.83. The van der Waals surface area contributed by atoms with Gasteiger partial charge in [0, 0.05) is 17.4 Å². The molecule has 0 radical (unpaired) electrons. The molecule has 0 bridgehead atoms. The third-order valence-corrected chi connectivity index (χ3v) is 3.11. The molecule has 1 heterocycles. The van der Waals surface area contributed by atoms with Gasteiger partial charge in [-0.2, -0.15) is 0 Å². The van der Waals surface area contributed by atoms with Gasteiger partial charge >= 0.3 is 0 Å². The largest absolute Gasteiger partial charge is 0.325 e. The van der Waals surface area contributed by atoms with Gasteiger partial charge in [-0.1, -0.05) is 11.6 Å². The highest BCUT2D eigenvalue weighted by Gasteiger charge is 2.37. The first-order valence-corrected chi connectivity index (χ1v) is 5.37. The van der Waals surface area contributed by atoms with Crippen LogP contribution in [-0.4, -0.2) is 10.5 Å². The Morgan fingerprint density at radius 1 is 1.57 bits per heavy atom. The van der Waals surface area contributed by atoms with Gasteiger partial charge in [0.1, 0.15) is 0 Å². The van der Waals surface area contributed by atoms with E-state index in [-0.39, 0.29) is 5.54 Å². The van der Waals surface area contributed by atoms with Crippen LogP contribution in [-0.2, 0) is 6.42 Å². The fourth-order valence-corrected chi connectivity index (χ4v) is 1.82. The average Bonchev–Trinajstić information content (AvgIpc) is 2.83. The van der Waals surface area contributed by atoms with Crippen molar-refractivity contribution in [1.82, 2.24) is 4.98 Å². The second-order valence-corrected chi connectivity index (χ2v) is 4.72. The first-order chi connectivity index (χ1) is 6.59. The Labute approximate surface area is 89.5 Å². The van der Waals surface area contributed by atoms with E-state index in [0.29, 0.717) is 5.02 Å². The third-order valence-electron chi connectivity index (χ3n) is 2.91. The van der Waals surface area contributed by atoms with E-state index < -0.39 is 0 Å². The van der Waals surface area contributed by atoms with Crippen molar-refractivity contribution in [1.29, 1.82) is 0 Å². The number of pyridine rings is 1. The van der Waals surface area contributed by atoms with Crippen molar-refractivity contribution in [3.05, 3.63) is 28.5 Å². The second kappa shape index (κ2) is 3.52. The van der Waals surface area contributed by atoms with Crippen molar-refractivity contribution in [3.8, 4) is 0 Å². The molecule has 1 saturated carbocycles. The van der Waals surface area contributed by atoms with E-state index in [1.54, 1.807) is 6.20 Å². The molecule has 2 nitrogen and oxygen atoms in total. The van der Waals surface area contributed by atoms with Crippen molar-refractivity contribution in [3.63, 3.8) is 0 Å². The number of halogens is 1. The Hall–Kier alpha value is -0.600. The zero-order valence-corrected chi connectivity index (χ0v) is 9.14. The molecule has 76 valence electrons. The summed E-state index contributed by atoms with van der Waals surface area (Å²) < 4.78 is 0. The molecular weight excluding hydrogens is 196 g/mol. The Balaban J connectivity index is 2.02. The molecule has 0 spiro atoms. The van der Waals surface area contributed by atoms with Crippen LogP contribution in [0.4, 0.5) is 0 Å². The van der Waals surface area contributed by atoms with E-state index in [1.807, 2.05) is 13.0 Å². The van der Waals surface area contributed by atoms with Gasteiger partial charge in [0.05, 0.1) is 5.02 Å². The molecule has 1 aliphatic carbocycles. The molecule has 0 amide bonds. The van der Waals surface area contributed by atoms with Gasteiger partial charge in [0.15, 0.2) is 0 Å². The summed E-state index contributed by atoms with van der Waals surface area (Å²) in [6.07, 6.45) is 6.06. The number of hydrogen-bond acceptors (Lipinski definition) is 2. The number of rotatable bonds is 3. The van der Waals surface area contributed by atoms with Crippen molar-refractivity contribution in [2.24, 2.45) is 5.73 Å². The van der Waals surface area contributed by atoms with E-state index in [4.69, 9.17) is 17.3 Å². The fraction of sp³-hybridized carbons (Fsp3) is 0.545. The van der Waals surface area contributed by atoms with Crippen LogP contribution in [0.2, 0.25) is 5.02 Å². The van der Waals surface area contributed by atoms with Crippen LogP contribution >= 0.6 is 11.6 Å². The summed E-state index contributed by atoms with van der Waals surface area (Å²) in [5.74, 6) is 0. The molecule has 0 saturated heterocycles. The van der Waals surface area contributed by atoms with Crippen LogP contribution in [0.25, 0.3) is 0 Å². The van der Waals surface area contributed by atoms with Gasteiger partial charge in [-0.15, -0.1) is 0 Å². The minimum absolute atomic E-state index is 0.119. The summed E-state index contributed by atoms with van der Waals surface area (Å²) in [7, 11) is 0. The Morgan fingerprint density at radius 2 is 2.29 bits per heavy atom. The van der Waals surface area contributed by atoms with Gasteiger partial charge in [0.25, 0.3) is 0 Å². The maximum absolute atomic E-state index is 6.02. The first-order valence-electron chi connectivity index (χ1n) is 4.99. The minimum atomic E-state index is 0.119.